The number of allylic oxidation sites excluding steroid dienone is 1. The summed E-state index contributed by atoms with van der Waals surface area (Å²) in [4.78, 5) is 75.2. The Bertz CT molecular complexity index is 1990. The molecule has 2 bridgehead atoms. The number of halogens is 1. The molecule has 4 aromatic rings. The van der Waals surface area contributed by atoms with Gasteiger partial charge in [-0.05, 0) is 42.3 Å². The van der Waals surface area contributed by atoms with Gasteiger partial charge in [0.2, 0.25) is 23.6 Å². The Hall–Kier alpha value is -4.63. The number of amides is 4. The fourth-order valence-electron chi connectivity index (χ4n) is 9.01. The molecule has 4 aromatic carbocycles. The predicted molar refractivity (Wildman–Crippen MR) is 176 cm³/mol. The monoisotopic (exact) mass is 676 g/mol. The lowest BCUT2D eigenvalue weighted by Gasteiger charge is -2.59. The Morgan fingerprint density at radius 3 is 1.57 bits per heavy atom. The highest BCUT2D eigenvalue weighted by atomic mass is 79.9. The van der Waals surface area contributed by atoms with Crippen molar-refractivity contribution < 1.29 is 28.7 Å². The Balaban J connectivity index is 1.36. The lowest BCUT2D eigenvalue weighted by Crippen LogP contribution is -2.67. The van der Waals surface area contributed by atoms with E-state index in [0.29, 0.717) is 16.9 Å². The van der Waals surface area contributed by atoms with E-state index in [9.17, 15) is 24.0 Å². The normalized spacial score (nSPS) is 30.1. The van der Waals surface area contributed by atoms with Crippen LogP contribution in [0.1, 0.15) is 20.8 Å². The number of fused-ring (bicyclic) bond motifs is 2. The van der Waals surface area contributed by atoms with Gasteiger partial charge in [-0.25, -0.2) is 14.6 Å². The van der Waals surface area contributed by atoms with Crippen molar-refractivity contribution in [1.29, 1.82) is 0 Å². The molecule has 0 radical (unpaired) electrons. The molecule has 3 fully saturated rings. The second-order valence-corrected chi connectivity index (χ2v) is 14.0. The van der Waals surface area contributed by atoms with E-state index >= 15 is 0 Å². The van der Waals surface area contributed by atoms with Crippen LogP contribution in [0, 0.1) is 29.1 Å². The number of carbonyl (C=O) groups is 5. The number of benzene rings is 4. The van der Waals surface area contributed by atoms with Crippen molar-refractivity contribution in [2.45, 2.75) is 25.1 Å². The second kappa shape index (κ2) is 9.69. The summed E-state index contributed by atoms with van der Waals surface area (Å²) in [5.41, 5.74) is -0.0399. The highest BCUT2D eigenvalue weighted by Crippen LogP contribution is 2.72. The number of hydrogen-bond acceptors (Lipinski definition) is 6. The maximum atomic E-state index is 14.8. The third-order valence-electron chi connectivity index (χ3n) is 10.8. The van der Waals surface area contributed by atoms with E-state index < -0.39 is 63.0 Å². The number of carbonyl (C=O) groups excluding carboxylic acids is 5. The van der Waals surface area contributed by atoms with Crippen molar-refractivity contribution in [3.8, 4) is 0 Å². The number of hydrogen-bond donors (Lipinski definition) is 0. The van der Waals surface area contributed by atoms with Crippen LogP contribution in [0.5, 0.6) is 0 Å². The maximum absolute atomic E-state index is 14.8. The molecule has 2 aliphatic heterocycles. The first-order valence-corrected chi connectivity index (χ1v) is 16.2. The van der Waals surface area contributed by atoms with Crippen LogP contribution in [0.15, 0.2) is 96.1 Å². The summed E-state index contributed by atoms with van der Waals surface area (Å²) >= 11 is 3.87. The highest BCUT2D eigenvalue weighted by Gasteiger charge is 2.81. The number of ether oxygens (including phenoxy) is 1. The molecule has 8 nitrogen and oxygen atoms in total. The molecule has 6 atom stereocenters. The number of alkyl halides is 1. The average molecular weight is 678 g/mol. The van der Waals surface area contributed by atoms with Gasteiger partial charge in [-0.15, -0.1) is 0 Å². The molecule has 2 unspecified atom stereocenters. The lowest BCUT2D eigenvalue weighted by atomic mass is 9.43. The molecule has 5 aliphatic rings. The zero-order valence-corrected chi connectivity index (χ0v) is 26.9. The molecule has 4 amide bonds. The maximum Gasteiger partial charge on any atom is 0.334 e. The number of rotatable bonds is 4. The summed E-state index contributed by atoms with van der Waals surface area (Å²) in [6.07, 6.45) is 0. The van der Waals surface area contributed by atoms with Crippen molar-refractivity contribution in [2.24, 2.45) is 29.1 Å². The van der Waals surface area contributed by atoms with E-state index in [1.54, 1.807) is 45.0 Å². The van der Waals surface area contributed by atoms with Crippen molar-refractivity contribution in [1.82, 2.24) is 0 Å². The third-order valence-corrected chi connectivity index (χ3v) is 12.4. The van der Waals surface area contributed by atoms with Crippen LogP contribution in [-0.4, -0.2) is 40.5 Å². The minimum absolute atomic E-state index is 0.0766. The zero-order valence-electron chi connectivity index (χ0n) is 25.3. The minimum atomic E-state index is -1.51. The molecular weight excluding hydrogens is 648 g/mol. The van der Waals surface area contributed by atoms with Gasteiger partial charge < -0.3 is 4.74 Å². The van der Waals surface area contributed by atoms with Crippen LogP contribution in [0.2, 0.25) is 0 Å². The summed E-state index contributed by atoms with van der Waals surface area (Å²) in [5.74, 6) is -6.92. The van der Waals surface area contributed by atoms with Gasteiger partial charge in [-0.2, -0.15) is 0 Å². The van der Waals surface area contributed by atoms with E-state index in [0.717, 1.165) is 21.5 Å². The largest absolute Gasteiger partial charge is 0.463 e. The van der Waals surface area contributed by atoms with Crippen molar-refractivity contribution in [3.05, 3.63) is 96.1 Å². The van der Waals surface area contributed by atoms with E-state index in [1.807, 2.05) is 60.7 Å². The van der Waals surface area contributed by atoms with E-state index in [1.165, 1.54) is 9.80 Å². The first-order chi connectivity index (χ1) is 22.1. The van der Waals surface area contributed by atoms with Gasteiger partial charge >= 0.3 is 5.97 Å². The van der Waals surface area contributed by atoms with Gasteiger partial charge in [0, 0.05) is 21.8 Å². The quantitative estimate of drug-likeness (QED) is 0.150. The Morgan fingerprint density at radius 1 is 0.696 bits per heavy atom. The van der Waals surface area contributed by atoms with Crippen LogP contribution in [0.3, 0.4) is 0 Å². The highest BCUT2D eigenvalue weighted by molar-refractivity contribution is 9.10. The van der Waals surface area contributed by atoms with Gasteiger partial charge in [0.25, 0.3) is 0 Å². The Morgan fingerprint density at radius 2 is 1.11 bits per heavy atom. The Kier molecular flexibility index (Phi) is 6.07. The molecule has 9 heteroatoms. The fourth-order valence-corrected chi connectivity index (χ4v) is 10.1. The molecule has 2 saturated heterocycles. The van der Waals surface area contributed by atoms with E-state index in [4.69, 9.17) is 4.74 Å². The van der Waals surface area contributed by atoms with Crippen molar-refractivity contribution >= 4 is 78.4 Å². The summed E-state index contributed by atoms with van der Waals surface area (Å²) in [6, 6.07) is 25.8. The SMILES string of the molecule is CCOC(=O)C1=C(C)C2(Br)[C@@H]3C(=O)N(c4cccc5ccccc45)C(=O)[C@@H]3C1(C)[C@H]1C(=O)N(c3cccc4ccccc34)C(=O)[C@@H]12. The molecular formula is C37H29BrN2O6. The van der Waals surface area contributed by atoms with Gasteiger partial charge in [0.15, 0.2) is 0 Å². The standard InChI is InChI=1S/C37H29BrN2O6/c1-4-46-35(45)26-19(2)37(38)29-27(31(41)39(33(29)43)24-17-9-13-20-11-5-7-15-22(20)24)36(26,3)28-30(37)34(44)40(32(28)42)25-18-10-14-21-12-6-8-16-23(21)25/h5-18,27-30H,4H2,1-3H3/t27-,28-,29-,30+,36?,37?/m1/s1. The molecule has 0 N–H and O–H groups in total. The van der Waals surface area contributed by atoms with Gasteiger partial charge in [0.1, 0.15) is 0 Å². The number of esters is 1. The van der Waals surface area contributed by atoms with Crippen LogP contribution < -0.4 is 9.80 Å². The summed E-state index contributed by atoms with van der Waals surface area (Å²) in [7, 11) is 0. The van der Waals surface area contributed by atoms with Crippen LogP contribution in [0.25, 0.3) is 21.5 Å². The van der Waals surface area contributed by atoms with Gasteiger partial charge in [-0.1, -0.05) is 95.7 Å². The molecule has 230 valence electrons. The average Bonchev–Trinajstić information content (AvgIpc) is 3.49. The summed E-state index contributed by atoms with van der Waals surface area (Å²) in [6.45, 7) is 5.17. The molecule has 2 heterocycles. The minimum Gasteiger partial charge on any atom is -0.463 e. The second-order valence-electron chi connectivity index (χ2n) is 12.7. The van der Waals surface area contributed by atoms with Crippen LogP contribution in [-0.2, 0) is 28.7 Å². The third kappa shape index (κ3) is 3.31. The topological polar surface area (TPSA) is 101 Å². The molecule has 3 aliphatic carbocycles. The van der Waals surface area contributed by atoms with E-state index in [-0.39, 0.29) is 12.2 Å². The summed E-state index contributed by atoms with van der Waals surface area (Å²) in [5, 5.41) is 3.15. The van der Waals surface area contributed by atoms with Crippen molar-refractivity contribution in [2.75, 3.05) is 16.4 Å². The van der Waals surface area contributed by atoms with E-state index in [2.05, 4.69) is 15.9 Å². The van der Waals surface area contributed by atoms with Crippen LogP contribution >= 0.6 is 15.9 Å². The van der Waals surface area contributed by atoms with Crippen LogP contribution in [0.4, 0.5) is 11.4 Å². The van der Waals surface area contributed by atoms with Gasteiger partial charge in [0.05, 0.1) is 46.0 Å². The van der Waals surface area contributed by atoms with Crippen molar-refractivity contribution in [3.63, 3.8) is 0 Å². The lowest BCUT2D eigenvalue weighted by molar-refractivity contribution is -0.152. The predicted octanol–water partition coefficient (Wildman–Crippen LogP) is 5.95. The number of nitrogens with zero attached hydrogens (tertiary/aromatic N) is 2. The number of imide groups is 2. The molecule has 9 rings (SSSR count). The first-order valence-electron chi connectivity index (χ1n) is 15.4. The number of anilines is 2. The molecule has 46 heavy (non-hydrogen) atoms. The molecule has 1 saturated carbocycles. The fraction of sp³-hybridized carbons (Fsp3) is 0.270. The molecule has 0 spiro atoms. The smallest absolute Gasteiger partial charge is 0.334 e. The zero-order chi connectivity index (χ0) is 32.3. The molecule has 0 aromatic heterocycles. The van der Waals surface area contributed by atoms with Gasteiger partial charge in [-0.3, -0.25) is 19.2 Å². The Labute approximate surface area is 273 Å². The summed E-state index contributed by atoms with van der Waals surface area (Å²) < 4.78 is 4.04. The first kappa shape index (κ1) is 28.8.